The van der Waals surface area contributed by atoms with E-state index in [9.17, 15) is 5.11 Å². The molecule has 3 aromatic rings. The number of nitrogens with zero attached hydrogens (tertiary/aromatic N) is 2. The fourth-order valence-corrected chi connectivity index (χ4v) is 2.35. The van der Waals surface area contributed by atoms with Crippen molar-refractivity contribution in [2.24, 2.45) is 4.99 Å². The van der Waals surface area contributed by atoms with Crippen molar-refractivity contribution in [3.8, 4) is 5.75 Å². The van der Waals surface area contributed by atoms with E-state index in [-0.39, 0.29) is 5.75 Å². The number of hydrogen-bond acceptors (Lipinski definition) is 4. The van der Waals surface area contributed by atoms with Crippen molar-refractivity contribution in [1.29, 1.82) is 0 Å². The molecule has 25 heavy (non-hydrogen) atoms. The molecule has 2 N–H and O–H groups in total. The van der Waals surface area contributed by atoms with Gasteiger partial charge in [0.05, 0.1) is 5.69 Å². The number of rotatable bonds is 5. The van der Waals surface area contributed by atoms with E-state index in [1.54, 1.807) is 18.3 Å². The van der Waals surface area contributed by atoms with Crippen LogP contribution < -0.4 is 10.2 Å². The topological polar surface area (TPSA) is 47.9 Å². The Hall–Kier alpha value is -3.27. The van der Waals surface area contributed by atoms with Gasteiger partial charge >= 0.3 is 0 Å². The van der Waals surface area contributed by atoms with Crippen LogP contribution in [0.25, 0.3) is 0 Å². The van der Waals surface area contributed by atoms with Crippen molar-refractivity contribution in [3.05, 3.63) is 78.4 Å². The van der Waals surface area contributed by atoms with Gasteiger partial charge in [0.1, 0.15) is 5.75 Å². The summed E-state index contributed by atoms with van der Waals surface area (Å²) in [5.74, 6) is 0.256. The second-order valence-corrected chi connectivity index (χ2v) is 5.96. The Morgan fingerprint density at radius 2 is 1.36 bits per heavy atom. The summed E-state index contributed by atoms with van der Waals surface area (Å²) >= 11 is 0. The van der Waals surface area contributed by atoms with Crippen LogP contribution in [0.5, 0.6) is 5.75 Å². The van der Waals surface area contributed by atoms with Crippen LogP contribution in [-0.4, -0.2) is 25.4 Å². The third-order valence-electron chi connectivity index (χ3n) is 3.80. The van der Waals surface area contributed by atoms with E-state index in [1.165, 1.54) is 5.69 Å². The predicted octanol–water partition coefficient (Wildman–Crippen LogP) is 4.95. The van der Waals surface area contributed by atoms with Crippen LogP contribution in [0.15, 0.2) is 77.8 Å². The van der Waals surface area contributed by atoms with Crippen molar-refractivity contribution < 1.29 is 5.11 Å². The SMILES string of the molecule is CN(C)c1ccc(Nc2ccc(N=Cc3ccc(O)cc3)cc2)cc1. The summed E-state index contributed by atoms with van der Waals surface area (Å²) < 4.78 is 0. The molecule has 0 aliphatic carbocycles. The van der Waals surface area contributed by atoms with Crippen LogP contribution in [0.4, 0.5) is 22.7 Å². The number of phenolic OH excluding ortho intramolecular Hbond substituents is 1. The molecule has 0 aliphatic rings. The van der Waals surface area contributed by atoms with Crippen molar-refractivity contribution in [2.75, 3.05) is 24.3 Å². The molecule has 3 rings (SSSR count). The number of benzene rings is 3. The second kappa shape index (κ2) is 7.53. The highest BCUT2D eigenvalue weighted by atomic mass is 16.3. The molecule has 0 unspecified atom stereocenters. The summed E-state index contributed by atoms with van der Waals surface area (Å²) in [6.07, 6.45) is 1.78. The maximum Gasteiger partial charge on any atom is 0.115 e. The predicted molar refractivity (Wildman–Crippen MR) is 106 cm³/mol. The minimum absolute atomic E-state index is 0.256. The molecule has 0 aliphatic heterocycles. The molecular formula is C21H21N3O. The standard InChI is InChI=1S/C21H21N3O/c1-24(2)20-11-9-19(10-12-20)23-18-7-5-17(6-8-18)22-15-16-3-13-21(25)14-4-16/h3-15,23,25H,1-2H3. The molecule has 0 radical (unpaired) electrons. The fraction of sp³-hybridized carbons (Fsp3) is 0.0952. The third kappa shape index (κ3) is 4.61. The lowest BCUT2D eigenvalue weighted by molar-refractivity contribution is 0.475. The summed E-state index contributed by atoms with van der Waals surface area (Å²) in [6.45, 7) is 0. The molecule has 0 bridgehead atoms. The molecule has 0 heterocycles. The van der Waals surface area contributed by atoms with Crippen molar-refractivity contribution >= 4 is 29.0 Å². The number of phenols is 1. The molecule has 126 valence electrons. The molecular weight excluding hydrogens is 310 g/mol. The number of hydrogen-bond donors (Lipinski definition) is 2. The average Bonchev–Trinajstić information content (AvgIpc) is 2.63. The highest BCUT2D eigenvalue weighted by molar-refractivity contribution is 5.82. The van der Waals surface area contributed by atoms with Gasteiger partial charge in [0.15, 0.2) is 0 Å². The van der Waals surface area contributed by atoms with Gasteiger partial charge in [-0.2, -0.15) is 0 Å². The van der Waals surface area contributed by atoms with Crippen LogP contribution in [0.1, 0.15) is 5.56 Å². The zero-order valence-electron chi connectivity index (χ0n) is 14.3. The number of aromatic hydroxyl groups is 1. The van der Waals surface area contributed by atoms with E-state index in [2.05, 4.69) is 39.5 Å². The van der Waals surface area contributed by atoms with Gasteiger partial charge in [0.2, 0.25) is 0 Å². The fourth-order valence-electron chi connectivity index (χ4n) is 2.35. The van der Waals surface area contributed by atoms with Crippen LogP contribution in [0.2, 0.25) is 0 Å². The van der Waals surface area contributed by atoms with Gasteiger partial charge in [-0.05, 0) is 78.4 Å². The van der Waals surface area contributed by atoms with Crippen LogP contribution in [0.3, 0.4) is 0 Å². The highest BCUT2D eigenvalue weighted by Crippen LogP contribution is 2.22. The lowest BCUT2D eigenvalue weighted by Crippen LogP contribution is -2.08. The van der Waals surface area contributed by atoms with Crippen LogP contribution >= 0.6 is 0 Å². The minimum Gasteiger partial charge on any atom is -0.508 e. The van der Waals surface area contributed by atoms with Gasteiger partial charge in [0, 0.05) is 37.4 Å². The Bertz CT molecular complexity index is 836. The number of aliphatic imine (C=N–C) groups is 1. The summed E-state index contributed by atoms with van der Waals surface area (Å²) in [6, 6.07) is 23.2. The van der Waals surface area contributed by atoms with Crippen molar-refractivity contribution in [2.45, 2.75) is 0 Å². The smallest absolute Gasteiger partial charge is 0.115 e. The first-order valence-corrected chi connectivity index (χ1v) is 8.08. The zero-order chi connectivity index (χ0) is 17.6. The Morgan fingerprint density at radius 3 is 1.92 bits per heavy atom. The largest absolute Gasteiger partial charge is 0.508 e. The van der Waals surface area contributed by atoms with Gasteiger partial charge in [-0.15, -0.1) is 0 Å². The Kier molecular flexibility index (Phi) is 5.00. The van der Waals surface area contributed by atoms with E-state index < -0.39 is 0 Å². The first-order valence-electron chi connectivity index (χ1n) is 8.08. The third-order valence-corrected chi connectivity index (χ3v) is 3.80. The molecule has 0 saturated heterocycles. The van der Waals surface area contributed by atoms with Crippen molar-refractivity contribution in [1.82, 2.24) is 0 Å². The maximum atomic E-state index is 9.28. The molecule has 4 nitrogen and oxygen atoms in total. The van der Waals surface area contributed by atoms with Gasteiger partial charge in [-0.1, -0.05) is 0 Å². The number of nitrogens with one attached hydrogen (secondary N) is 1. The monoisotopic (exact) mass is 331 g/mol. The Morgan fingerprint density at radius 1 is 0.800 bits per heavy atom. The highest BCUT2D eigenvalue weighted by Gasteiger charge is 1.98. The molecule has 0 aromatic heterocycles. The molecule has 0 spiro atoms. The van der Waals surface area contributed by atoms with Gasteiger partial charge in [-0.3, -0.25) is 4.99 Å². The van der Waals surface area contributed by atoms with Crippen LogP contribution in [0, 0.1) is 0 Å². The normalized spacial score (nSPS) is 10.8. The first kappa shape index (κ1) is 16.6. The summed E-state index contributed by atoms with van der Waals surface area (Å²) in [4.78, 5) is 6.52. The maximum absolute atomic E-state index is 9.28. The Balaban J connectivity index is 1.64. The first-order chi connectivity index (χ1) is 12.1. The summed E-state index contributed by atoms with van der Waals surface area (Å²) in [7, 11) is 4.06. The van der Waals surface area contributed by atoms with Gasteiger partial charge in [-0.25, -0.2) is 0 Å². The summed E-state index contributed by atoms with van der Waals surface area (Å²) in [5, 5.41) is 12.7. The second-order valence-electron chi connectivity index (χ2n) is 5.96. The van der Waals surface area contributed by atoms with Gasteiger partial charge < -0.3 is 15.3 Å². The van der Waals surface area contributed by atoms with E-state index in [0.29, 0.717) is 0 Å². The summed E-state index contributed by atoms with van der Waals surface area (Å²) in [5.41, 5.74) is 5.05. The lowest BCUT2D eigenvalue weighted by Gasteiger charge is -2.13. The van der Waals surface area contributed by atoms with E-state index in [4.69, 9.17) is 0 Å². The molecule has 4 heteroatoms. The quantitative estimate of drug-likeness (QED) is 0.650. The zero-order valence-corrected chi connectivity index (χ0v) is 14.3. The van der Waals surface area contributed by atoms with Gasteiger partial charge in [0.25, 0.3) is 0 Å². The van der Waals surface area contributed by atoms with E-state index in [1.807, 2.05) is 50.5 Å². The molecule has 3 aromatic carbocycles. The van der Waals surface area contributed by atoms with E-state index in [0.717, 1.165) is 22.6 Å². The minimum atomic E-state index is 0.256. The molecule has 0 saturated carbocycles. The Labute approximate surface area is 148 Å². The van der Waals surface area contributed by atoms with Crippen molar-refractivity contribution in [3.63, 3.8) is 0 Å². The molecule has 0 fully saturated rings. The molecule has 0 amide bonds. The average molecular weight is 331 g/mol. The number of anilines is 3. The lowest BCUT2D eigenvalue weighted by atomic mass is 10.2. The molecule has 0 atom stereocenters. The van der Waals surface area contributed by atoms with Crippen LogP contribution in [-0.2, 0) is 0 Å². The van der Waals surface area contributed by atoms with E-state index >= 15 is 0 Å².